The van der Waals surface area contributed by atoms with Crippen molar-refractivity contribution in [3.8, 4) is 55.6 Å². The lowest BCUT2D eigenvalue weighted by atomic mass is 9.89. The summed E-state index contributed by atoms with van der Waals surface area (Å²) in [5.41, 5.74) is 12.9. The Bertz CT molecular complexity index is 2970. The molecule has 1 aromatic heterocycles. The van der Waals surface area contributed by atoms with E-state index < -0.39 is 0 Å². The smallest absolute Gasteiger partial charge is 0.0361 e. The van der Waals surface area contributed by atoms with Gasteiger partial charge in [0, 0.05) is 20.2 Å². The Morgan fingerprint density at radius 1 is 0.265 bits per heavy atom. The molecule has 1 aliphatic rings. The van der Waals surface area contributed by atoms with Crippen molar-refractivity contribution in [1.82, 2.24) is 0 Å². The maximum atomic E-state index is 2.44. The molecule has 9 aromatic carbocycles. The van der Waals surface area contributed by atoms with Gasteiger partial charge in [-0.05, 0) is 124 Å². The maximum absolute atomic E-state index is 2.44. The predicted molar refractivity (Wildman–Crippen MR) is 213 cm³/mol. The van der Waals surface area contributed by atoms with Gasteiger partial charge in [0.15, 0.2) is 0 Å². The van der Waals surface area contributed by atoms with Crippen molar-refractivity contribution in [1.29, 1.82) is 0 Å². The second-order valence-corrected chi connectivity index (χ2v) is 14.3. The van der Waals surface area contributed by atoms with Crippen molar-refractivity contribution >= 4 is 63.8 Å². The lowest BCUT2D eigenvalue weighted by Crippen LogP contribution is -1.88. The van der Waals surface area contributed by atoms with E-state index in [2.05, 4.69) is 170 Å². The Hall–Kier alpha value is -6.02. The Labute approximate surface area is 288 Å². The molecule has 0 saturated carbocycles. The minimum absolute atomic E-state index is 1.23. The molecule has 0 N–H and O–H groups in total. The molecule has 0 amide bonds. The third-order valence-electron chi connectivity index (χ3n) is 10.6. The van der Waals surface area contributed by atoms with Crippen LogP contribution in [0.15, 0.2) is 170 Å². The van der Waals surface area contributed by atoms with Crippen LogP contribution in [-0.4, -0.2) is 0 Å². The van der Waals surface area contributed by atoms with Crippen LogP contribution in [0.2, 0.25) is 0 Å². The highest BCUT2D eigenvalue weighted by Gasteiger charge is 2.22. The molecule has 0 aliphatic heterocycles. The second kappa shape index (κ2) is 10.2. The number of hydrogen-bond donors (Lipinski definition) is 0. The normalized spacial score (nSPS) is 12.1. The Morgan fingerprint density at radius 2 is 0.959 bits per heavy atom. The Kier molecular flexibility index (Phi) is 5.64. The minimum Gasteiger partial charge on any atom is -0.135 e. The van der Waals surface area contributed by atoms with Crippen LogP contribution in [0.4, 0.5) is 0 Å². The SMILES string of the molecule is c1ccc(-c2cc3ccc4ccccc4c3cc2-c2ccc3sc4cccc(-c5ccc6c(c5)-c5cccc7cccc-6c57)c4c3c2)cc1. The molecular weight excluding hydrogens is 609 g/mol. The lowest BCUT2D eigenvalue weighted by molar-refractivity contribution is 1.63. The van der Waals surface area contributed by atoms with Crippen molar-refractivity contribution in [2.75, 3.05) is 0 Å². The molecule has 0 atom stereocenters. The van der Waals surface area contributed by atoms with Crippen LogP contribution >= 0.6 is 11.3 Å². The average molecular weight is 637 g/mol. The van der Waals surface area contributed by atoms with Crippen molar-refractivity contribution in [2.24, 2.45) is 0 Å². The molecule has 1 heteroatoms. The monoisotopic (exact) mass is 636 g/mol. The largest absolute Gasteiger partial charge is 0.135 e. The first-order valence-electron chi connectivity index (χ1n) is 16.9. The second-order valence-electron chi connectivity index (χ2n) is 13.2. The fourth-order valence-electron chi connectivity index (χ4n) is 8.34. The van der Waals surface area contributed by atoms with E-state index >= 15 is 0 Å². The van der Waals surface area contributed by atoms with Crippen LogP contribution in [-0.2, 0) is 0 Å². The minimum atomic E-state index is 1.23. The van der Waals surface area contributed by atoms with Crippen molar-refractivity contribution < 1.29 is 0 Å². The van der Waals surface area contributed by atoms with Gasteiger partial charge in [0.1, 0.15) is 0 Å². The van der Waals surface area contributed by atoms with E-state index in [1.54, 1.807) is 0 Å². The van der Waals surface area contributed by atoms with Gasteiger partial charge in [-0.1, -0.05) is 133 Å². The van der Waals surface area contributed by atoms with Gasteiger partial charge in [-0.3, -0.25) is 0 Å². The molecule has 0 unspecified atom stereocenters. The average Bonchev–Trinajstić information content (AvgIpc) is 3.71. The Morgan fingerprint density at radius 3 is 1.86 bits per heavy atom. The quantitative estimate of drug-likeness (QED) is 0.169. The van der Waals surface area contributed by atoms with Crippen LogP contribution < -0.4 is 0 Å². The van der Waals surface area contributed by atoms with E-state index in [0.717, 1.165) is 0 Å². The Balaban J connectivity index is 1.15. The summed E-state index contributed by atoms with van der Waals surface area (Å²) in [6, 6.07) is 63.3. The number of hydrogen-bond acceptors (Lipinski definition) is 1. The van der Waals surface area contributed by atoms with E-state index in [1.807, 2.05) is 11.3 Å². The van der Waals surface area contributed by atoms with Crippen LogP contribution in [0, 0.1) is 0 Å². The molecule has 49 heavy (non-hydrogen) atoms. The number of rotatable bonds is 3. The van der Waals surface area contributed by atoms with Gasteiger partial charge in [0.25, 0.3) is 0 Å². The highest BCUT2D eigenvalue weighted by atomic mass is 32.1. The first kappa shape index (κ1) is 27.0. The first-order valence-corrected chi connectivity index (χ1v) is 17.7. The molecule has 0 spiro atoms. The van der Waals surface area contributed by atoms with Crippen LogP contribution in [0.25, 0.3) is 108 Å². The summed E-state index contributed by atoms with van der Waals surface area (Å²) in [5.74, 6) is 0. The number of fused-ring (bicyclic) bond motifs is 9. The first-order chi connectivity index (χ1) is 24.3. The van der Waals surface area contributed by atoms with E-state index in [9.17, 15) is 0 Å². The maximum Gasteiger partial charge on any atom is 0.0361 e. The molecule has 0 saturated heterocycles. The molecule has 1 heterocycles. The van der Waals surface area contributed by atoms with Gasteiger partial charge in [0.2, 0.25) is 0 Å². The fourth-order valence-corrected chi connectivity index (χ4v) is 9.46. The molecule has 0 nitrogen and oxygen atoms in total. The summed E-state index contributed by atoms with van der Waals surface area (Å²) in [6.45, 7) is 0. The lowest BCUT2D eigenvalue weighted by Gasteiger charge is -2.15. The molecule has 226 valence electrons. The highest BCUT2D eigenvalue weighted by molar-refractivity contribution is 7.26. The van der Waals surface area contributed by atoms with Gasteiger partial charge in [0.05, 0.1) is 0 Å². The van der Waals surface area contributed by atoms with Gasteiger partial charge >= 0.3 is 0 Å². The molecule has 11 rings (SSSR count). The number of benzene rings is 9. The molecule has 0 radical (unpaired) electrons. The van der Waals surface area contributed by atoms with Gasteiger partial charge < -0.3 is 0 Å². The van der Waals surface area contributed by atoms with Gasteiger partial charge in [-0.15, -0.1) is 11.3 Å². The van der Waals surface area contributed by atoms with Crippen molar-refractivity contribution in [3.05, 3.63) is 170 Å². The zero-order valence-electron chi connectivity index (χ0n) is 26.6. The molecular formula is C48H28S. The number of thiophene rings is 1. The highest BCUT2D eigenvalue weighted by Crippen LogP contribution is 2.50. The van der Waals surface area contributed by atoms with E-state index in [0.29, 0.717) is 0 Å². The third kappa shape index (κ3) is 3.97. The predicted octanol–water partition coefficient (Wildman–Crippen LogP) is 14.2. The summed E-state index contributed by atoms with van der Waals surface area (Å²) in [5, 5.41) is 10.5. The summed E-state index contributed by atoms with van der Waals surface area (Å²) in [7, 11) is 0. The molecule has 0 bridgehead atoms. The van der Waals surface area contributed by atoms with Crippen LogP contribution in [0.5, 0.6) is 0 Å². The topological polar surface area (TPSA) is 0 Å². The van der Waals surface area contributed by atoms with Gasteiger partial charge in [-0.2, -0.15) is 0 Å². The van der Waals surface area contributed by atoms with E-state index in [-0.39, 0.29) is 0 Å². The molecule has 0 fully saturated rings. The van der Waals surface area contributed by atoms with Gasteiger partial charge in [-0.25, -0.2) is 0 Å². The molecule has 1 aliphatic carbocycles. The van der Waals surface area contributed by atoms with E-state index in [4.69, 9.17) is 0 Å². The van der Waals surface area contributed by atoms with Crippen LogP contribution in [0.1, 0.15) is 0 Å². The zero-order valence-corrected chi connectivity index (χ0v) is 27.4. The van der Waals surface area contributed by atoms with Crippen molar-refractivity contribution in [3.63, 3.8) is 0 Å². The van der Waals surface area contributed by atoms with E-state index in [1.165, 1.54) is 108 Å². The third-order valence-corrected chi connectivity index (χ3v) is 11.7. The summed E-state index contributed by atoms with van der Waals surface area (Å²) in [4.78, 5) is 0. The zero-order chi connectivity index (χ0) is 32.1. The van der Waals surface area contributed by atoms with Crippen molar-refractivity contribution in [2.45, 2.75) is 0 Å². The summed E-state index contributed by atoms with van der Waals surface area (Å²) in [6.07, 6.45) is 0. The molecule has 10 aromatic rings. The van der Waals surface area contributed by atoms with Crippen LogP contribution in [0.3, 0.4) is 0 Å². The fraction of sp³-hybridized carbons (Fsp3) is 0. The summed E-state index contributed by atoms with van der Waals surface area (Å²) < 4.78 is 2.64. The summed E-state index contributed by atoms with van der Waals surface area (Å²) >= 11 is 1.89. The standard InChI is InChI=1S/C48H28S/c1-2-9-29(10-3-1)40-25-33-20-19-30-11-4-5-14-35(30)41(33)28-42(40)34-22-24-45-44(27-34)48-36(15-8-18-46(48)49-45)32-21-23-37-38-16-6-12-31-13-7-17-39(47(31)38)43(37)26-32/h1-28H.